The molecule has 0 atom stereocenters. The molecule has 0 spiro atoms. The number of phenolic OH excluding ortho intramolecular Hbond substituents is 1. The zero-order chi connectivity index (χ0) is 9.97. The minimum Gasteiger partial charge on any atom is -0.508 e. The number of piperazine rings is 1. The Kier molecular flexibility index (Phi) is 2.63. The first-order valence-electron chi connectivity index (χ1n) is 4.98. The van der Waals surface area contributed by atoms with E-state index >= 15 is 0 Å². The Balaban J connectivity index is 2.05. The highest BCUT2D eigenvalue weighted by Crippen LogP contribution is 2.19. The SMILES string of the molecule is BN1CCN(c2ccc(O)cc2)CC1. The molecule has 3 nitrogen and oxygen atoms in total. The first-order valence-corrected chi connectivity index (χ1v) is 4.98. The highest BCUT2D eigenvalue weighted by Gasteiger charge is 2.13. The third-order valence-corrected chi connectivity index (χ3v) is 2.72. The second-order valence-corrected chi connectivity index (χ2v) is 3.81. The van der Waals surface area contributed by atoms with Crippen LogP contribution in [0.4, 0.5) is 5.69 Å². The Labute approximate surface area is 85.4 Å². The van der Waals surface area contributed by atoms with Crippen LogP contribution in [-0.2, 0) is 0 Å². The van der Waals surface area contributed by atoms with Gasteiger partial charge in [0.1, 0.15) is 5.75 Å². The lowest BCUT2D eigenvalue weighted by atomic mass is 10.2. The summed E-state index contributed by atoms with van der Waals surface area (Å²) in [7, 11) is 2.15. The zero-order valence-electron chi connectivity index (χ0n) is 8.48. The molecule has 74 valence electrons. The van der Waals surface area contributed by atoms with E-state index in [1.165, 1.54) is 5.69 Å². The van der Waals surface area contributed by atoms with Crippen LogP contribution in [0.2, 0.25) is 0 Å². The van der Waals surface area contributed by atoms with Crippen molar-refractivity contribution in [3.05, 3.63) is 24.3 Å². The Hall–Kier alpha value is -1.16. The Morgan fingerprint density at radius 3 is 2.14 bits per heavy atom. The van der Waals surface area contributed by atoms with E-state index in [4.69, 9.17) is 0 Å². The maximum Gasteiger partial charge on any atom is 0.185 e. The normalized spacial score (nSPS) is 18.4. The number of aromatic hydroxyl groups is 1. The van der Waals surface area contributed by atoms with Gasteiger partial charge in [0.15, 0.2) is 7.98 Å². The third kappa shape index (κ3) is 2.01. The molecule has 0 saturated carbocycles. The molecular weight excluding hydrogens is 175 g/mol. The number of benzene rings is 1. The lowest BCUT2D eigenvalue weighted by Gasteiger charge is -2.34. The topological polar surface area (TPSA) is 26.7 Å². The summed E-state index contributed by atoms with van der Waals surface area (Å²) in [4.78, 5) is 4.68. The quantitative estimate of drug-likeness (QED) is 0.634. The number of phenols is 1. The molecule has 1 heterocycles. The second-order valence-electron chi connectivity index (χ2n) is 3.81. The molecule has 1 aliphatic heterocycles. The van der Waals surface area contributed by atoms with Crippen molar-refractivity contribution in [2.45, 2.75) is 0 Å². The summed E-state index contributed by atoms with van der Waals surface area (Å²) in [5.41, 5.74) is 1.20. The van der Waals surface area contributed by atoms with Gasteiger partial charge in [0, 0.05) is 31.9 Å². The van der Waals surface area contributed by atoms with E-state index in [1.807, 2.05) is 12.1 Å². The predicted octanol–water partition coefficient (Wildman–Crippen LogP) is 0.0623. The number of nitrogens with zero attached hydrogens (tertiary/aromatic N) is 2. The number of hydrogen-bond donors (Lipinski definition) is 1. The predicted molar refractivity (Wildman–Crippen MR) is 60.4 cm³/mol. The fourth-order valence-electron chi connectivity index (χ4n) is 1.73. The van der Waals surface area contributed by atoms with Gasteiger partial charge in [-0.2, -0.15) is 0 Å². The molecule has 1 saturated heterocycles. The molecule has 1 aliphatic rings. The Bertz CT molecular complexity index is 293. The van der Waals surface area contributed by atoms with Crippen LogP contribution < -0.4 is 4.90 Å². The molecule has 14 heavy (non-hydrogen) atoms. The smallest absolute Gasteiger partial charge is 0.185 e. The van der Waals surface area contributed by atoms with E-state index in [9.17, 15) is 5.11 Å². The second kappa shape index (κ2) is 3.92. The van der Waals surface area contributed by atoms with E-state index in [2.05, 4.69) is 17.7 Å². The van der Waals surface area contributed by atoms with Gasteiger partial charge in [-0.15, -0.1) is 0 Å². The van der Waals surface area contributed by atoms with Crippen molar-refractivity contribution < 1.29 is 5.11 Å². The van der Waals surface area contributed by atoms with Gasteiger partial charge in [0.05, 0.1) is 0 Å². The van der Waals surface area contributed by atoms with Gasteiger partial charge in [0.25, 0.3) is 0 Å². The molecule has 1 aromatic rings. The molecular formula is C10H15BN2O. The summed E-state index contributed by atoms with van der Waals surface area (Å²) in [5.74, 6) is 0.336. The summed E-state index contributed by atoms with van der Waals surface area (Å²) < 4.78 is 0. The van der Waals surface area contributed by atoms with Crippen LogP contribution in [-0.4, -0.2) is 44.1 Å². The molecule has 1 N–H and O–H groups in total. The van der Waals surface area contributed by atoms with Gasteiger partial charge < -0.3 is 14.8 Å². The zero-order valence-corrected chi connectivity index (χ0v) is 8.48. The van der Waals surface area contributed by atoms with Gasteiger partial charge in [-0.05, 0) is 24.3 Å². The highest BCUT2D eigenvalue weighted by molar-refractivity contribution is 6.04. The van der Waals surface area contributed by atoms with E-state index in [-0.39, 0.29) is 0 Å². The van der Waals surface area contributed by atoms with Gasteiger partial charge in [-0.1, -0.05) is 0 Å². The monoisotopic (exact) mass is 190 g/mol. The molecule has 0 bridgehead atoms. The van der Waals surface area contributed by atoms with Gasteiger partial charge in [-0.25, -0.2) is 0 Å². The number of anilines is 1. The van der Waals surface area contributed by atoms with Crippen LogP contribution in [0, 0.1) is 0 Å². The van der Waals surface area contributed by atoms with Crippen LogP contribution in [0.1, 0.15) is 0 Å². The fourth-order valence-corrected chi connectivity index (χ4v) is 1.73. The van der Waals surface area contributed by atoms with Crippen LogP contribution in [0.15, 0.2) is 24.3 Å². The molecule has 1 aromatic carbocycles. The summed E-state index contributed by atoms with van der Waals surface area (Å²) in [5, 5.41) is 9.17. The van der Waals surface area contributed by atoms with Crippen molar-refractivity contribution >= 4 is 13.7 Å². The van der Waals surface area contributed by atoms with Crippen LogP contribution in [0.3, 0.4) is 0 Å². The maximum absolute atomic E-state index is 9.17. The Morgan fingerprint density at radius 2 is 1.57 bits per heavy atom. The standard InChI is InChI=1S/C10H15BN2O/c11-13-7-5-12(6-8-13)9-1-3-10(14)4-2-9/h1-4,14H,5-8,11H2. The summed E-state index contributed by atoms with van der Waals surface area (Å²) in [6.45, 7) is 4.37. The summed E-state index contributed by atoms with van der Waals surface area (Å²) in [6, 6.07) is 7.43. The first-order chi connectivity index (χ1) is 6.75. The van der Waals surface area contributed by atoms with Gasteiger partial charge in [0.2, 0.25) is 0 Å². The Morgan fingerprint density at radius 1 is 1.00 bits per heavy atom. The van der Waals surface area contributed by atoms with Gasteiger partial charge >= 0.3 is 0 Å². The minimum absolute atomic E-state index is 0.336. The minimum atomic E-state index is 0.336. The number of rotatable bonds is 1. The molecule has 0 unspecified atom stereocenters. The average molecular weight is 190 g/mol. The molecule has 0 aromatic heterocycles. The van der Waals surface area contributed by atoms with E-state index in [1.54, 1.807) is 12.1 Å². The van der Waals surface area contributed by atoms with E-state index in [0.717, 1.165) is 26.2 Å². The lowest BCUT2D eigenvalue weighted by Crippen LogP contribution is -2.45. The van der Waals surface area contributed by atoms with Gasteiger partial charge in [-0.3, -0.25) is 0 Å². The molecule has 0 radical (unpaired) electrons. The van der Waals surface area contributed by atoms with Crippen molar-refractivity contribution in [2.75, 3.05) is 31.1 Å². The van der Waals surface area contributed by atoms with Crippen LogP contribution >= 0.6 is 0 Å². The number of hydrogen-bond acceptors (Lipinski definition) is 3. The molecule has 0 aliphatic carbocycles. The fraction of sp³-hybridized carbons (Fsp3) is 0.400. The van der Waals surface area contributed by atoms with Crippen molar-refractivity contribution in [2.24, 2.45) is 0 Å². The molecule has 2 rings (SSSR count). The summed E-state index contributed by atoms with van der Waals surface area (Å²) >= 11 is 0. The lowest BCUT2D eigenvalue weighted by molar-refractivity contribution is 0.415. The summed E-state index contributed by atoms with van der Waals surface area (Å²) in [6.07, 6.45) is 0. The third-order valence-electron chi connectivity index (χ3n) is 2.72. The highest BCUT2D eigenvalue weighted by atomic mass is 16.3. The van der Waals surface area contributed by atoms with E-state index < -0.39 is 0 Å². The van der Waals surface area contributed by atoms with Crippen LogP contribution in [0.5, 0.6) is 5.75 Å². The van der Waals surface area contributed by atoms with Crippen molar-refractivity contribution in [1.82, 2.24) is 4.81 Å². The molecule has 1 fully saturated rings. The largest absolute Gasteiger partial charge is 0.508 e. The van der Waals surface area contributed by atoms with Crippen LogP contribution in [0.25, 0.3) is 0 Å². The average Bonchev–Trinajstić information content (AvgIpc) is 2.21. The molecule has 4 heteroatoms. The molecule has 0 amide bonds. The van der Waals surface area contributed by atoms with E-state index in [0.29, 0.717) is 5.75 Å². The van der Waals surface area contributed by atoms with Crippen molar-refractivity contribution in [3.8, 4) is 5.75 Å². The van der Waals surface area contributed by atoms with Crippen molar-refractivity contribution in [1.29, 1.82) is 0 Å². The maximum atomic E-state index is 9.17. The van der Waals surface area contributed by atoms with Crippen molar-refractivity contribution in [3.63, 3.8) is 0 Å². The first kappa shape index (κ1) is 9.40.